The van der Waals surface area contributed by atoms with E-state index in [2.05, 4.69) is 22.4 Å². The van der Waals surface area contributed by atoms with Gasteiger partial charge in [-0.05, 0) is 37.0 Å². The normalized spacial score (nSPS) is 11.9. The van der Waals surface area contributed by atoms with Crippen LogP contribution in [0.4, 0.5) is 0 Å². The van der Waals surface area contributed by atoms with Gasteiger partial charge in [-0.3, -0.25) is 14.0 Å². The van der Waals surface area contributed by atoms with Gasteiger partial charge in [-0.15, -0.1) is 22.7 Å². The minimum atomic E-state index is -0.351. The zero-order valence-electron chi connectivity index (χ0n) is 23.9. The lowest BCUT2D eigenvalue weighted by Gasteiger charge is -2.32. The highest BCUT2D eigenvalue weighted by molar-refractivity contribution is 7.15. The summed E-state index contributed by atoms with van der Waals surface area (Å²) in [5.41, 5.74) is 4.65. The molecule has 1 N–H and O–H groups in total. The predicted octanol–water partition coefficient (Wildman–Crippen LogP) is 6.82. The van der Waals surface area contributed by atoms with Crippen LogP contribution >= 0.6 is 22.7 Å². The van der Waals surface area contributed by atoms with Crippen molar-refractivity contribution in [1.82, 2.24) is 24.6 Å². The lowest BCUT2D eigenvalue weighted by molar-refractivity contribution is 0.0642. The molecule has 43 heavy (non-hydrogen) atoms. The van der Waals surface area contributed by atoms with E-state index in [1.165, 1.54) is 22.7 Å². The number of aryl methyl sites for hydroxylation is 2. The van der Waals surface area contributed by atoms with Crippen molar-refractivity contribution in [2.45, 2.75) is 32.9 Å². The summed E-state index contributed by atoms with van der Waals surface area (Å²) in [6.45, 7) is 4.40. The van der Waals surface area contributed by atoms with Crippen LogP contribution in [0.1, 0.15) is 42.8 Å². The molecule has 0 aliphatic heterocycles. The van der Waals surface area contributed by atoms with Crippen LogP contribution in [0.2, 0.25) is 0 Å². The topological polar surface area (TPSA) is 79.6 Å². The van der Waals surface area contributed by atoms with Crippen molar-refractivity contribution in [2.24, 2.45) is 0 Å². The number of nitrogens with one attached hydrogen (secondary N) is 1. The van der Waals surface area contributed by atoms with Crippen molar-refractivity contribution < 1.29 is 9.59 Å². The first kappa shape index (κ1) is 28.5. The SMILES string of the molecule is Cc1nc(C(=O)N(Cc2ccccc2)C(CNC(=O)c2c(C)nc3sccn23)Cc2ccccc2)c(-c2ccccc2)s1. The van der Waals surface area contributed by atoms with Crippen molar-refractivity contribution in [3.8, 4) is 10.4 Å². The van der Waals surface area contributed by atoms with Gasteiger partial charge in [0.15, 0.2) is 4.96 Å². The summed E-state index contributed by atoms with van der Waals surface area (Å²) in [4.78, 5) is 40.9. The van der Waals surface area contributed by atoms with Gasteiger partial charge in [0, 0.05) is 24.7 Å². The molecule has 0 saturated heterocycles. The van der Waals surface area contributed by atoms with Gasteiger partial charge in [0.1, 0.15) is 11.4 Å². The van der Waals surface area contributed by atoms with Crippen LogP contribution in [0, 0.1) is 13.8 Å². The van der Waals surface area contributed by atoms with Crippen LogP contribution < -0.4 is 5.32 Å². The average Bonchev–Trinajstić information content (AvgIpc) is 3.73. The van der Waals surface area contributed by atoms with Crippen molar-refractivity contribution in [2.75, 3.05) is 6.54 Å². The Bertz CT molecular complexity index is 1850. The Balaban J connectivity index is 1.38. The number of carbonyl (C=O) groups is 2. The molecule has 216 valence electrons. The summed E-state index contributed by atoms with van der Waals surface area (Å²) < 4.78 is 1.82. The molecule has 3 aromatic carbocycles. The maximum absolute atomic E-state index is 14.6. The lowest BCUT2D eigenvalue weighted by Crippen LogP contribution is -2.48. The van der Waals surface area contributed by atoms with E-state index < -0.39 is 0 Å². The molecular weight excluding hydrogens is 575 g/mol. The van der Waals surface area contributed by atoms with Gasteiger partial charge in [-0.2, -0.15) is 0 Å². The fraction of sp³-hybridized carbons (Fsp3) is 0.176. The highest BCUT2D eigenvalue weighted by atomic mass is 32.1. The number of imidazole rings is 1. The van der Waals surface area contributed by atoms with E-state index in [1.807, 2.05) is 114 Å². The molecule has 0 aliphatic rings. The monoisotopic (exact) mass is 605 g/mol. The number of benzene rings is 3. The van der Waals surface area contributed by atoms with E-state index in [-0.39, 0.29) is 24.4 Å². The van der Waals surface area contributed by atoms with E-state index >= 15 is 0 Å². The summed E-state index contributed by atoms with van der Waals surface area (Å²) in [5, 5.41) is 5.88. The molecule has 9 heteroatoms. The lowest BCUT2D eigenvalue weighted by atomic mass is 10.0. The molecule has 6 aromatic rings. The molecule has 0 radical (unpaired) electrons. The zero-order valence-corrected chi connectivity index (χ0v) is 25.6. The Hall–Kier alpha value is -4.60. The van der Waals surface area contributed by atoms with Crippen LogP contribution in [0.25, 0.3) is 15.4 Å². The molecule has 7 nitrogen and oxygen atoms in total. The number of fused-ring (bicyclic) bond motifs is 1. The van der Waals surface area contributed by atoms with Gasteiger partial charge in [0.25, 0.3) is 11.8 Å². The van der Waals surface area contributed by atoms with Gasteiger partial charge in [-0.25, -0.2) is 9.97 Å². The third-order valence-corrected chi connectivity index (χ3v) is 9.11. The van der Waals surface area contributed by atoms with E-state index in [4.69, 9.17) is 4.98 Å². The first-order valence-electron chi connectivity index (χ1n) is 14.1. The number of hydrogen-bond donors (Lipinski definition) is 1. The standard InChI is InChI=1S/C34H31N5O2S2/c1-23-30(38-18-19-42-34(38)36-23)32(40)35-21-28(20-25-12-6-3-7-13-25)39(22-26-14-8-4-9-15-26)33(41)29-31(43-24(2)37-29)27-16-10-5-11-17-27/h3-19,28H,20-22H2,1-2H3,(H,35,40). The van der Waals surface area contributed by atoms with Gasteiger partial charge in [-0.1, -0.05) is 91.0 Å². The minimum Gasteiger partial charge on any atom is -0.349 e. The Morgan fingerprint density at radius 2 is 1.53 bits per heavy atom. The van der Waals surface area contributed by atoms with Crippen LogP contribution in [0.5, 0.6) is 0 Å². The maximum atomic E-state index is 14.6. The van der Waals surface area contributed by atoms with Gasteiger partial charge in [0.2, 0.25) is 0 Å². The number of thiazole rings is 2. The van der Waals surface area contributed by atoms with Gasteiger partial charge >= 0.3 is 0 Å². The van der Waals surface area contributed by atoms with E-state index in [0.717, 1.165) is 31.5 Å². The molecule has 6 rings (SSSR count). The number of nitrogens with zero attached hydrogens (tertiary/aromatic N) is 4. The van der Waals surface area contributed by atoms with Crippen LogP contribution in [0.15, 0.2) is 103 Å². The first-order chi connectivity index (χ1) is 21.0. The third kappa shape index (κ3) is 6.28. The second-order valence-corrected chi connectivity index (χ2v) is 12.4. The molecular formula is C34H31N5O2S2. The number of aromatic nitrogens is 3. The summed E-state index contributed by atoms with van der Waals surface area (Å²) in [5.74, 6) is -0.383. The Labute approximate surface area is 258 Å². The van der Waals surface area contributed by atoms with Crippen molar-refractivity contribution in [3.05, 3.63) is 136 Å². The highest BCUT2D eigenvalue weighted by Crippen LogP contribution is 2.32. The second-order valence-electron chi connectivity index (χ2n) is 10.4. The number of amides is 2. The molecule has 3 heterocycles. The minimum absolute atomic E-state index is 0.164. The first-order valence-corrected chi connectivity index (χ1v) is 15.8. The highest BCUT2D eigenvalue weighted by Gasteiger charge is 2.30. The molecule has 1 unspecified atom stereocenters. The number of carbonyl (C=O) groups excluding carboxylic acids is 2. The molecule has 0 saturated carbocycles. The van der Waals surface area contributed by atoms with E-state index in [9.17, 15) is 9.59 Å². The summed E-state index contributed by atoms with van der Waals surface area (Å²) in [7, 11) is 0. The molecule has 1 atom stereocenters. The Morgan fingerprint density at radius 3 is 2.23 bits per heavy atom. The molecule has 0 aliphatic carbocycles. The third-order valence-electron chi connectivity index (χ3n) is 7.33. The van der Waals surface area contributed by atoms with Crippen molar-refractivity contribution >= 4 is 39.4 Å². The molecule has 0 bridgehead atoms. The van der Waals surface area contributed by atoms with Crippen LogP contribution in [0.3, 0.4) is 0 Å². The molecule has 0 fully saturated rings. The van der Waals surface area contributed by atoms with E-state index in [1.54, 1.807) is 0 Å². The predicted molar refractivity (Wildman–Crippen MR) is 173 cm³/mol. The molecule has 0 spiro atoms. The molecule has 3 aromatic heterocycles. The zero-order chi connectivity index (χ0) is 29.8. The fourth-order valence-corrected chi connectivity index (χ4v) is 6.96. The van der Waals surface area contributed by atoms with Gasteiger partial charge in [0.05, 0.1) is 21.6 Å². The average molecular weight is 606 g/mol. The number of hydrogen-bond acceptors (Lipinski definition) is 6. The largest absolute Gasteiger partial charge is 0.349 e. The molecule has 2 amide bonds. The quantitative estimate of drug-likeness (QED) is 0.186. The Morgan fingerprint density at radius 1 is 0.884 bits per heavy atom. The van der Waals surface area contributed by atoms with Crippen molar-refractivity contribution in [1.29, 1.82) is 0 Å². The maximum Gasteiger partial charge on any atom is 0.274 e. The van der Waals surface area contributed by atoms with Gasteiger partial charge < -0.3 is 10.2 Å². The summed E-state index contributed by atoms with van der Waals surface area (Å²) in [6, 6.07) is 29.6. The summed E-state index contributed by atoms with van der Waals surface area (Å²) >= 11 is 3.01. The second kappa shape index (κ2) is 12.7. The van der Waals surface area contributed by atoms with Crippen LogP contribution in [-0.2, 0) is 13.0 Å². The van der Waals surface area contributed by atoms with Crippen molar-refractivity contribution in [3.63, 3.8) is 0 Å². The summed E-state index contributed by atoms with van der Waals surface area (Å²) in [6.07, 6.45) is 2.42. The number of rotatable bonds is 10. The Kier molecular flexibility index (Phi) is 8.44. The smallest absolute Gasteiger partial charge is 0.274 e. The van der Waals surface area contributed by atoms with E-state index in [0.29, 0.717) is 30.0 Å². The fourth-order valence-electron chi connectivity index (χ4n) is 5.28. The van der Waals surface area contributed by atoms with Crippen LogP contribution in [-0.4, -0.2) is 43.7 Å².